The third-order valence-corrected chi connectivity index (χ3v) is 8.13. The number of rotatable bonds is 4. The molecule has 4 atom stereocenters. The summed E-state index contributed by atoms with van der Waals surface area (Å²) >= 11 is 0. The normalized spacial score (nSPS) is 24.6. The number of nitrogens with two attached hydrogens (primary N) is 1. The Balaban J connectivity index is 1.71. The molecule has 2 aromatic carbocycles. The van der Waals surface area contributed by atoms with E-state index in [2.05, 4.69) is 11.8 Å². The molecule has 2 radical (unpaired) electrons. The van der Waals surface area contributed by atoms with E-state index in [1.54, 1.807) is 55.7 Å². The van der Waals surface area contributed by atoms with Gasteiger partial charge in [0, 0.05) is 49.2 Å². The van der Waals surface area contributed by atoms with Crippen molar-refractivity contribution < 1.29 is 39.5 Å². The first kappa shape index (κ1) is 29.7. The number of carbonyl (C=O) groups is 3. The number of methoxy groups -OCH3 is 1. The van der Waals surface area contributed by atoms with Crippen LogP contribution in [0.1, 0.15) is 22.3 Å². The number of nitrogens with zero attached hydrogens (tertiary/aromatic N) is 2. The Kier molecular flexibility index (Phi) is 7.24. The summed E-state index contributed by atoms with van der Waals surface area (Å²) in [5.74, 6) is -1.21. The van der Waals surface area contributed by atoms with Gasteiger partial charge in [-0.05, 0) is 50.3 Å². The van der Waals surface area contributed by atoms with Crippen molar-refractivity contribution in [1.82, 2.24) is 4.90 Å². The van der Waals surface area contributed by atoms with E-state index in [1.807, 2.05) is 0 Å². The molecule has 6 N–H and O–H groups in total. The molecule has 0 aromatic heterocycles. The minimum atomic E-state index is -2.78. The highest BCUT2D eigenvalue weighted by molar-refractivity contribution is 6.25. The number of phenols is 1. The van der Waals surface area contributed by atoms with Crippen LogP contribution in [0.25, 0.3) is 5.76 Å². The number of anilines is 1. The molecule has 3 aliphatic carbocycles. The second kappa shape index (κ2) is 10.5. The molecule has 3 aliphatic rings. The van der Waals surface area contributed by atoms with E-state index in [9.17, 15) is 34.8 Å². The maximum absolute atomic E-state index is 14.1. The number of aromatic hydroxyl groups is 1. The van der Waals surface area contributed by atoms with Crippen molar-refractivity contribution >= 4 is 28.9 Å². The summed E-state index contributed by atoms with van der Waals surface area (Å²) in [5.41, 5.74) is 3.03. The predicted octanol–water partition coefficient (Wildman–Crippen LogP) is 1.26. The van der Waals surface area contributed by atoms with Crippen LogP contribution >= 0.6 is 0 Å². The largest absolute Gasteiger partial charge is 0.508 e. The van der Waals surface area contributed by atoms with Crippen LogP contribution in [0, 0.1) is 36.5 Å². The molecule has 222 valence electrons. The number of aliphatic hydroxyl groups excluding tert-OH is 2. The van der Waals surface area contributed by atoms with E-state index < -0.39 is 63.8 Å². The number of Topliss-reactive ketones (excluding diaryl/α,β-unsaturated/α-hetero) is 2. The van der Waals surface area contributed by atoms with E-state index in [1.165, 1.54) is 32.5 Å². The molecule has 0 saturated heterocycles. The zero-order valence-corrected chi connectivity index (χ0v) is 24.2. The molecule has 43 heavy (non-hydrogen) atoms. The van der Waals surface area contributed by atoms with Crippen LogP contribution in [0.15, 0.2) is 47.2 Å². The number of primary amides is 1. The zero-order valence-electron chi connectivity index (χ0n) is 24.2. The number of hydrogen-bond acceptors (Lipinski definition) is 10. The van der Waals surface area contributed by atoms with Crippen LogP contribution < -0.4 is 15.4 Å². The number of hydrogen-bond donors (Lipinski definition) is 5. The first-order chi connectivity index (χ1) is 20.2. The van der Waals surface area contributed by atoms with Gasteiger partial charge in [0.25, 0.3) is 5.91 Å². The van der Waals surface area contributed by atoms with Crippen LogP contribution in [0.5, 0.6) is 11.5 Å². The van der Waals surface area contributed by atoms with Crippen molar-refractivity contribution in [2.45, 2.75) is 11.6 Å². The van der Waals surface area contributed by atoms with Crippen molar-refractivity contribution in [2.24, 2.45) is 17.6 Å². The van der Waals surface area contributed by atoms with Gasteiger partial charge in [0.1, 0.15) is 28.6 Å². The minimum Gasteiger partial charge on any atom is -0.508 e. The quantitative estimate of drug-likeness (QED) is 0.260. The number of fused-ring (bicyclic) bond motifs is 3. The van der Waals surface area contributed by atoms with Gasteiger partial charge in [-0.15, -0.1) is 0 Å². The zero-order chi connectivity index (χ0) is 31.5. The van der Waals surface area contributed by atoms with E-state index in [0.29, 0.717) is 22.6 Å². The predicted molar refractivity (Wildman–Crippen MR) is 157 cm³/mol. The molecule has 1 amide bonds. The highest BCUT2D eigenvalue weighted by Crippen LogP contribution is 2.54. The molecule has 11 heteroatoms. The maximum Gasteiger partial charge on any atom is 0.255 e. The summed E-state index contributed by atoms with van der Waals surface area (Å²) in [5, 5.41) is 45.7. The molecule has 1 fully saturated rings. The van der Waals surface area contributed by atoms with Crippen LogP contribution in [0.3, 0.4) is 0 Å². The van der Waals surface area contributed by atoms with E-state index in [4.69, 9.17) is 10.5 Å². The van der Waals surface area contributed by atoms with Gasteiger partial charge >= 0.3 is 0 Å². The molecular weight excluding hydrogens is 554 g/mol. The molecule has 0 bridgehead atoms. The van der Waals surface area contributed by atoms with Crippen molar-refractivity contribution in [1.29, 1.82) is 0 Å². The average Bonchev–Trinajstić information content (AvgIpc) is 2.94. The van der Waals surface area contributed by atoms with Gasteiger partial charge in [-0.1, -0.05) is 17.9 Å². The van der Waals surface area contributed by atoms with Crippen molar-refractivity contribution in [3.05, 3.63) is 82.3 Å². The molecule has 1 saturated carbocycles. The number of ketones is 2. The van der Waals surface area contributed by atoms with Crippen LogP contribution in [-0.2, 0) is 14.4 Å². The summed E-state index contributed by atoms with van der Waals surface area (Å²) in [6.45, 7) is 0. The third-order valence-electron chi connectivity index (χ3n) is 8.13. The Hall–Kier alpha value is -4.79. The van der Waals surface area contributed by atoms with Crippen LogP contribution in [0.2, 0.25) is 0 Å². The lowest BCUT2D eigenvalue weighted by atomic mass is 9.57. The number of aliphatic hydroxyl groups is 3. The molecule has 11 nitrogen and oxygen atoms in total. The average molecular weight is 586 g/mol. The Morgan fingerprint density at radius 2 is 1.77 bits per heavy atom. The topological polar surface area (TPSA) is 174 Å². The number of ether oxygens (including phenoxy) is 1. The van der Waals surface area contributed by atoms with Gasteiger partial charge < -0.3 is 35.8 Å². The third kappa shape index (κ3) is 4.42. The summed E-state index contributed by atoms with van der Waals surface area (Å²) in [6, 6.07) is 7.44. The molecule has 2 aromatic rings. The van der Waals surface area contributed by atoms with Gasteiger partial charge in [0.15, 0.2) is 11.4 Å². The fourth-order valence-electron chi connectivity index (χ4n) is 6.08. The molecule has 2 unspecified atom stereocenters. The lowest BCUT2D eigenvalue weighted by molar-refractivity contribution is -0.149. The maximum atomic E-state index is 14.1. The van der Waals surface area contributed by atoms with Gasteiger partial charge in [0.2, 0.25) is 5.78 Å². The van der Waals surface area contributed by atoms with Crippen molar-refractivity contribution in [3.8, 4) is 23.3 Å². The molecule has 0 aliphatic heterocycles. The Morgan fingerprint density at radius 3 is 2.37 bits per heavy atom. The Labute approximate surface area is 248 Å². The monoisotopic (exact) mass is 585 g/mol. The molecule has 0 heterocycles. The molecular formula is C32H31N3O8. The van der Waals surface area contributed by atoms with Crippen molar-refractivity contribution in [2.75, 3.05) is 40.2 Å². The van der Waals surface area contributed by atoms with E-state index in [-0.39, 0.29) is 16.7 Å². The second-order valence-corrected chi connectivity index (χ2v) is 11.1. The number of phenolic OH excluding ortho intramolecular Hbond substituents is 1. The van der Waals surface area contributed by atoms with Crippen LogP contribution in [-0.4, -0.2) is 89.7 Å². The van der Waals surface area contributed by atoms with Gasteiger partial charge in [-0.2, -0.15) is 0 Å². The summed E-state index contributed by atoms with van der Waals surface area (Å²) in [6.07, 6.45) is 3.12. The number of carbonyl (C=O) groups excluding carboxylic acids is 3. The Morgan fingerprint density at radius 1 is 1.07 bits per heavy atom. The second-order valence-electron chi connectivity index (χ2n) is 11.1. The lowest BCUT2D eigenvalue weighted by Crippen LogP contribution is -2.66. The first-order valence-corrected chi connectivity index (χ1v) is 13.3. The standard InChI is InChI=1S/C32H31N3O8/c1-34(2)21-14-16(10-9-15-7-6-8-18(11-15)43-5)26(36)23-19(21)12-17-13-20-25(35(3)4)28(38)24(31(33)41)30(40)32(20,42)29(39)22(17)27(23)37/h6-8,11-14,17,20,25,36-37,40,42H,1-5H3,(H2,33,41)/t17?,20?,25-,32-/m0/s1. The number of benzene rings is 2. The summed E-state index contributed by atoms with van der Waals surface area (Å²) < 4.78 is 5.24. The molecule has 0 spiro atoms. The van der Waals surface area contributed by atoms with Crippen LogP contribution in [0.4, 0.5) is 5.69 Å². The smallest absolute Gasteiger partial charge is 0.255 e. The highest BCUT2D eigenvalue weighted by atomic mass is 16.5. The van der Waals surface area contributed by atoms with E-state index >= 15 is 0 Å². The van der Waals surface area contributed by atoms with Crippen molar-refractivity contribution in [3.63, 3.8) is 0 Å². The van der Waals surface area contributed by atoms with Gasteiger partial charge in [0.05, 0.1) is 24.3 Å². The fourth-order valence-corrected chi connectivity index (χ4v) is 6.08. The van der Waals surface area contributed by atoms with E-state index in [0.717, 1.165) is 0 Å². The number of likely N-dealkylation sites (N-methyl/N-ethyl adjacent to an activating group) is 1. The summed E-state index contributed by atoms with van der Waals surface area (Å²) in [7, 11) is 8.12. The van der Waals surface area contributed by atoms with Gasteiger partial charge in [-0.25, -0.2) is 0 Å². The molecule has 5 rings (SSSR count). The van der Waals surface area contributed by atoms with Gasteiger partial charge in [-0.3, -0.25) is 19.3 Å². The fraction of sp³-hybridized carbons (Fsp3) is 0.281. The number of amides is 1. The Bertz CT molecular complexity index is 1710. The highest BCUT2D eigenvalue weighted by Gasteiger charge is 2.64. The SMILES string of the molecule is COc1cccc(C#Cc2cc(N(C)C)c3c(c2O)C(O)=C2C(=O)[C@]4(O)C(O)=C(C(N)=O)C(=O)[C@@H](N(C)C)C4[CH]C2[CH]3)c1. The first-order valence-electron chi connectivity index (χ1n) is 13.3. The lowest BCUT2D eigenvalue weighted by Gasteiger charge is -2.50. The minimum absolute atomic E-state index is 0.0918. The summed E-state index contributed by atoms with van der Waals surface area (Å²) in [4.78, 5) is 42.6.